The summed E-state index contributed by atoms with van der Waals surface area (Å²) in [5, 5.41) is 10.6. The SMILES string of the molecule is COc1cc(/C=C\c2cc(O)c(OC)c(NS(=O)(=O)c3cc(OC)c(OC)c(OC)c3)c2)cc(OC)c1OC. The van der Waals surface area contributed by atoms with Crippen molar-refractivity contribution in [3.63, 3.8) is 0 Å². The highest BCUT2D eigenvalue weighted by Gasteiger charge is 2.24. The summed E-state index contributed by atoms with van der Waals surface area (Å²) in [6.07, 6.45) is 3.42. The number of phenolic OH excluding ortho intramolecular Hbond substituents is 1. The summed E-state index contributed by atoms with van der Waals surface area (Å²) >= 11 is 0. The third-order valence-corrected chi connectivity index (χ3v) is 6.99. The van der Waals surface area contributed by atoms with E-state index < -0.39 is 10.0 Å². The Balaban J connectivity index is 2.04. The van der Waals surface area contributed by atoms with Gasteiger partial charge in [0.2, 0.25) is 11.5 Å². The van der Waals surface area contributed by atoms with Crippen LogP contribution in [-0.4, -0.2) is 63.3 Å². The summed E-state index contributed by atoms with van der Waals surface area (Å²) in [5.41, 5.74) is 1.19. The smallest absolute Gasteiger partial charge is 0.262 e. The maximum atomic E-state index is 13.4. The molecule has 0 saturated heterocycles. The Morgan fingerprint density at radius 3 is 1.41 bits per heavy atom. The second-order valence-electron chi connectivity index (χ2n) is 7.88. The first-order valence-electron chi connectivity index (χ1n) is 11.4. The zero-order chi connectivity index (χ0) is 28.7. The fraction of sp³-hybridized carbons (Fsp3) is 0.259. The van der Waals surface area contributed by atoms with Crippen LogP contribution >= 0.6 is 0 Å². The average molecular weight is 562 g/mol. The molecular weight excluding hydrogens is 530 g/mol. The van der Waals surface area contributed by atoms with E-state index in [4.69, 9.17) is 33.2 Å². The minimum Gasteiger partial charge on any atom is -0.504 e. The van der Waals surface area contributed by atoms with E-state index in [2.05, 4.69) is 4.72 Å². The number of ether oxygens (including phenoxy) is 7. The van der Waals surface area contributed by atoms with Gasteiger partial charge < -0.3 is 38.3 Å². The van der Waals surface area contributed by atoms with Crippen LogP contribution in [0.15, 0.2) is 41.3 Å². The van der Waals surface area contributed by atoms with Crippen LogP contribution in [0.4, 0.5) is 5.69 Å². The molecule has 3 aromatic carbocycles. The first-order chi connectivity index (χ1) is 18.7. The molecule has 0 aliphatic heterocycles. The van der Waals surface area contributed by atoms with Gasteiger partial charge in [0.05, 0.1) is 60.4 Å². The van der Waals surface area contributed by atoms with E-state index in [1.807, 2.05) is 0 Å². The van der Waals surface area contributed by atoms with Gasteiger partial charge >= 0.3 is 0 Å². The van der Waals surface area contributed by atoms with Gasteiger partial charge in [0.1, 0.15) is 0 Å². The summed E-state index contributed by atoms with van der Waals surface area (Å²) in [6, 6.07) is 9.03. The first kappa shape index (κ1) is 29.1. The number of methoxy groups -OCH3 is 7. The van der Waals surface area contributed by atoms with E-state index in [9.17, 15) is 13.5 Å². The molecule has 0 aromatic heterocycles. The Hall–Kier alpha value is -4.45. The zero-order valence-corrected chi connectivity index (χ0v) is 23.5. The maximum Gasteiger partial charge on any atom is 0.262 e. The van der Waals surface area contributed by atoms with E-state index in [1.165, 1.54) is 74.0 Å². The van der Waals surface area contributed by atoms with Gasteiger partial charge in [0.15, 0.2) is 34.5 Å². The summed E-state index contributed by atoms with van der Waals surface area (Å²) < 4.78 is 66.4. The van der Waals surface area contributed by atoms with Crippen LogP contribution < -0.4 is 37.9 Å². The number of benzene rings is 3. The van der Waals surface area contributed by atoms with Crippen LogP contribution in [0, 0.1) is 0 Å². The lowest BCUT2D eigenvalue weighted by Gasteiger charge is -2.17. The molecule has 3 aromatic rings. The van der Waals surface area contributed by atoms with Crippen LogP contribution in [0.25, 0.3) is 12.2 Å². The van der Waals surface area contributed by atoms with Gasteiger partial charge in [-0.05, 0) is 35.4 Å². The Kier molecular flexibility index (Phi) is 9.25. The molecule has 2 N–H and O–H groups in total. The normalized spacial score (nSPS) is 11.2. The maximum absolute atomic E-state index is 13.4. The molecule has 39 heavy (non-hydrogen) atoms. The summed E-state index contributed by atoms with van der Waals surface area (Å²) in [5.74, 6) is 1.61. The van der Waals surface area contributed by atoms with E-state index in [0.29, 0.717) is 28.4 Å². The predicted octanol–water partition coefficient (Wildman–Crippen LogP) is 4.42. The molecule has 0 spiro atoms. The first-order valence-corrected chi connectivity index (χ1v) is 12.9. The molecule has 0 radical (unpaired) electrons. The van der Waals surface area contributed by atoms with Gasteiger partial charge in [-0.2, -0.15) is 0 Å². The highest BCUT2D eigenvalue weighted by atomic mass is 32.2. The average Bonchev–Trinajstić information content (AvgIpc) is 2.94. The molecule has 0 atom stereocenters. The van der Waals surface area contributed by atoms with Crippen molar-refractivity contribution in [2.75, 3.05) is 54.5 Å². The number of hydrogen-bond acceptors (Lipinski definition) is 10. The van der Waals surface area contributed by atoms with Gasteiger partial charge in [0, 0.05) is 12.1 Å². The zero-order valence-electron chi connectivity index (χ0n) is 22.6. The lowest BCUT2D eigenvalue weighted by atomic mass is 10.1. The Morgan fingerprint density at radius 1 is 0.590 bits per heavy atom. The van der Waals surface area contributed by atoms with Crippen LogP contribution in [0.1, 0.15) is 11.1 Å². The van der Waals surface area contributed by atoms with Gasteiger partial charge in [-0.25, -0.2) is 8.42 Å². The van der Waals surface area contributed by atoms with Crippen molar-refractivity contribution in [2.45, 2.75) is 4.90 Å². The van der Waals surface area contributed by atoms with Crippen molar-refractivity contribution in [2.24, 2.45) is 0 Å². The van der Waals surface area contributed by atoms with E-state index in [0.717, 1.165) is 0 Å². The lowest BCUT2D eigenvalue weighted by Crippen LogP contribution is -2.14. The fourth-order valence-corrected chi connectivity index (χ4v) is 4.91. The second kappa shape index (κ2) is 12.4. The standard InChI is InChI=1S/C27H31NO10S/c1-32-21-12-17(13-22(33-2)26(21)37-6)9-8-16-10-19(25(36-5)20(29)11-16)28-39(30,31)18-14-23(34-3)27(38-7)24(15-18)35-4/h8-15,28-29H,1-7H3/b9-8-. The third-order valence-electron chi connectivity index (χ3n) is 5.64. The molecule has 3 rings (SSSR count). The second-order valence-corrected chi connectivity index (χ2v) is 9.56. The van der Waals surface area contributed by atoms with Crippen molar-refractivity contribution in [3.8, 4) is 46.0 Å². The molecule has 11 nitrogen and oxygen atoms in total. The summed E-state index contributed by atoms with van der Waals surface area (Å²) in [7, 11) is 5.84. The monoisotopic (exact) mass is 561 g/mol. The molecule has 0 aliphatic carbocycles. The minimum absolute atomic E-state index is 0.00999. The van der Waals surface area contributed by atoms with E-state index in [1.54, 1.807) is 24.3 Å². The van der Waals surface area contributed by atoms with Crippen molar-refractivity contribution in [1.29, 1.82) is 0 Å². The highest BCUT2D eigenvalue weighted by Crippen LogP contribution is 2.42. The Labute approximate surface area is 227 Å². The van der Waals surface area contributed by atoms with E-state index >= 15 is 0 Å². The van der Waals surface area contributed by atoms with E-state index in [-0.39, 0.29) is 39.3 Å². The van der Waals surface area contributed by atoms with Crippen molar-refractivity contribution in [1.82, 2.24) is 0 Å². The Bertz CT molecular complexity index is 1420. The lowest BCUT2D eigenvalue weighted by molar-refractivity contribution is 0.323. The molecule has 0 unspecified atom stereocenters. The van der Waals surface area contributed by atoms with Crippen LogP contribution in [0.3, 0.4) is 0 Å². The molecule has 0 aliphatic rings. The molecular formula is C27H31NO10S. The number of aromatic hydroxyl groups is 1. The van der Waals surface area contributed by atoms with Crippen LogP contribution in [0.2, 0.25) is 0 Å². The predicted molar refractivity (Wildman–Crippen MR) is 147 cm³/mol. The molecule has 0 heterocycles. The largest absolute Gasteiger partial charge is 0.504 e. The highest BCUT2D eigenvalue weighted by molar-refractivity contribution is 7.92. The van der Waals surface area contributed by atoms with Gasteiger partial charge in [-0.15, -0.1) is 0 Å². The Morgan fingerprint density at radius 2 is 1.00 bits per heavy atom. The van der Waals surface area contributed by atoms with Gasteiger partial charge in [-0.3, -0.25) is 4.72 Å². The quantitative estimate of drug-likeness (QED) is 0.306. The number of hydrogen-bond donors (Lipinski definition) is 2. The number of nitrogens with one attached hydrogen (secondary N) is 1. The molecule has 0 bridgehead atoms. The van der Waals surface area contributed by atoms with Crippen molar-refractivity contribution >= 4 is 27.9 Å². The number of rotatable bonds is 12. The van der Waals surface area contributed by atoms with Crippen molar-refractivity contribution in [3.05, 3.63) is 47.5 Å². The van der Waals surface area contributed by atoms with Gasteiger partial charge in [0.25, 0.3) is 10.0 Å². The molecule has 0 fully saturated rings. The number of anilines is 1. The number of sulfonamides is 1. The fourth-order valence-electron chi connectivity index (χ4n) is 3.83. The molecule has 0 amide bonds. The topological polar surface area (TPSA) is 131 Å². The van der Waals surface area contributed by atoms with Gasteiger partial charge in [-0.1, -0.05) is 12.2 Å². The summed E-state index contributed by atoms with van der Waals surface area (Å²) in [6.45, 7) is 0. The van der Waals surface area contributed by atoms with Crippen molar-refractivity contribution < 1.29 is 46.7 Å². The molecule has 210 valence electrons. The number of phenols is 1. The minimum atomic E-state index is -4.19. The van der Waals surface area contributed by atoms with Crippen LogP contribution in [-0.2, 0) is 10.0 Å². The molecule has 12 heteroatoms. The molecule has 0 saturated carbocycles. The summed E-state index contributed by atoms with van der Waals surface area (Å²) in [4.78, 5) is -0.156. The van der Waals surface area contributed by atoms with Crippen LogP contribution in [0.5, 0.6) is 46.0 Å². The third kappa shape index (κ3) is 6.17.